The van der Waals surface area contributed by atoms with E-state index in [1.807, 2.05) is 47.9 Å². The fraction of sp³-hybridized carbons (Fsp3) is 0.600. The smallest absolute Gasteiger partial charge is 0.255 e. The summed E-state index contributed by atoms with van der Waals surface area (Å²) in [5, 5.41) is 0.437. The van der Waals surface area contributed by atoms with Crippen LogP contribution in [0.1, 0.15) is 38.1 Å². The molecule has 1 aliphatic heterocycles. The van der Waals surface area contributed by atoms with E-state index in [2.05, 4.69) is 18.7 Å². The minimum Gasteiger partial charge on any atom is -0.342 e. The molecule has 0 bridgehead atoms. The first-order valence-electron chi connectivity index (χ1n) is 9.51. The van der Waals surface area contributed by atoms with Gasteiger partial charge in [0, 0.05) is 49.4 Å². The van der Waals surface area contributed by atoms with E-state index in [0.29, 0.717) is 24.9 Å². The SMILES string of the molecule is CCN(CC)C(=O)CN1CCN(C(=O)c2ccccc2SC(C)C)CC1. The molecule has 2 rings (SSSR count). The number of nitrogens with zero attached hydrogens (tertiary/aromatic N) is 3. The van der Waals surface area contributed by atoms with Crippen LogP contribution in [0.5, 0.6) is 0 Å². The Balaban J connectivity index is 1.94. The van der Waals surface area contributed by atoms with Gasteiger partial charge in [-0.1, -0.05) is 26.0 Å². The van der Waals surface area contributed by atoms with E-state index >= 15 is 0 Å². The van der Waals surface area contributed by atoms with Crippen LogP contribution in [-0.4, -0.2) is 77.6 Å². The van der Waals surface area contributed by atoms with Crippen LogP contribution in [0.2, 0.25) is 0 Å². The molecule has 0 aromatic heterocycles. The molecule has 6 heteroatoms. The number of hydrogen-bond donors (Lipinski definition) is 0. The first-order chi connectivity index (χ1) is 12.5. The summed E-state index contributed by atoms with van der Waals surface area (Å²) in [6.07, 6.45) is 0. The maximum Gasteiger partial charge on any atom is 0.255 e. The summed E-state index contributed by atoms with van der Waals surface area (Å²) in [6.45, 7) is 13.1. The topological polar surface area (TPSA) is 43.9 Å². The van der Waals surface area contributed by atoms with Gasteiger partial charge in [0.1, 0.15) is 0 Å². The van der Waals surface area contributed by atoms with Crippen LogP contribution in [0.15, 0.2) is 29.2 Å². The molecule has 144 valence electrons. The van der Waals surface area contributed by atoms with Crippen molar-refractivity contribution >= 4 is 23.6 Å². The lowest BCUT2D eigenvalue weighted by atomic mass is 10.2. The summed E-state index contributed by atoms with van der Waals surface area (Å²) in [5.74, 6) is 0.275. The van der Waals surface area contributed by atoms with E-state index in [4.69, 9.17) is 0 Å². The van der Waals surface area contributed by atoms with Crippen molar-refractivity contribution in [2.75, 3.05) is 45.8 Å². The van der Waals surface area contributed by atoms with E-state index in [1.165, 1.54) is 0 Å². The highest BCUT2D eigenvalue weighted by atomic mass is 32.2. The van der Waals surface area contributed by atoms with Crippen molar-refractivity contribution < 1.29 is 9.59 Å². The second-order valence-corrected chi connectivity index (χ2v) is 8.42. The van der Waals surface area contributed by atoms with Gasteiger partial charge in [0.05, 0.1) is 12.1 Å². The molecule has 2 amide bonds. The van der Waals surface area contributed by atoms with Crippen LogP contribution >= 0.6 is 11.8 Å². The zero-order valence-corrected chi connectivity index (χ0v) is 17.2. The molecule has 1 aliphatic rings. The van der Waals surface area contributed by atoms with E-state index < -0.39 is 0 Å². The Morgan fingerprint density at radius 2 is 1.69 bits per heavy atom. The van der Waals surface area contributed by atoms with Crippen LogP contribution in [-0.2, 0) is 4.79 Å². The molecular weight excluding hydrogens is 346 g/mol. The second-order valence-electron chi connectivity index (χ2n) is 6.80. The predicted octanol–water partition coefficient (Wildman–Crippen LogP) is 2.81. The van der Waals surface area contributed by atoms with E-state index in [1.54, 1.807) is 11.8 Å². The summed E-state index contributed by atoms with van der Waals surface area (Å²) in [4.78, 5) is 32.2. The average Bonchev–Trinajstić information content (AvgIpc) is 2.63. The zero-order chi connectivity index (χ0) is 19.1. The van der Waals surface area contributed by atoms with Gasteiger partial charge in [-0.15, -0.1) is 11.8 Å². The quantitative estimate of drug-likeness (QED) is 0.686. The Kier molecular flexibility index (Phi) is 7.97. The largest absolute Gasteiger partial charge is 0.342 e. The minimum absolute atomic E-state index is 0.100. The lowest BCUT2D eigenvalue weighted by Crippen LogP contribution is -2.51. The molecule has 1 fully saturated rings. The lowest BCUT2D eigenvalue weighted by molar-refractivity contribution is -0.132. The van der Waals surface area contributed by atoms with E-state index in [9.17, 15) is 9.59 Å². The maximum absolute atomic E-state index is 13.0. The van der Waals surface area contributed by atoms with Gasteiger partial charge in [-0.2, -0.15) is 0 Å². The lowest BCUT2D eigenvalue weighted by Gasteiger charge is -2.35. The summed E-state index contributed by atoms with van der Waals surface area (Å²) < 4.78 is 0. The van der Waals surface area contributed by atoms with Crippen molar-refractivity contribution in [3.8, 4) is 0 Å². The number of piperazine rings is 1. The highest BCUT2D eigenvalue weighted by Crippen LogP contribution is 2.27. The number of rotatable bonds is 7. The second kappa shape index (κ2) is 9.97. The Bertz CT molecular complexity index is 609. The highest BCUT2D eigenvalue weighted by molar-refractivity contribution is 8.00. The molecule has 1 aromatic rings. The van der Waals surface area contributed by atoms with Crippen molar-refractivity contribution in [2.45, 2.75) is 37.8 Å². The molecule has 0 N–H and O–H groups in total. The molecule has 26 heavy (non-hydrogen) atoms. The Hall–Kier alpha value is -1.53. The minimum atomic E-state index is 0.100. The molecule has 0 unspecified atom stereocenters. The molecule has 0 spiro atoms. The molecule has 0 saturated carbocycles. The van der Waals surface area contributed by atoms with Crippen LogP contribution in [0.3, 0.4) is 0 Å². The molecule has 5 nitrogen and oxygen atoms in total. The van der Waals surface area contributed by atoms with Crippen LogP contribution in [0.25, 0.3) is 0 Å². The van der Waals surface area contributed by atoms with Gasteiger partial charge < -0.3 is 9.80 Å². The summed E-state index contributed by atoms with van der Waals surface area (Å²) >= 11 is 1.73. The van der Waals surface area contributed by atoms with Crippen molar-refractivity contribution in [3.05, 3.63) is 29.8 Å². The summed E-state index contributed by atoms with van der Waals surface area (Å²) in [7, 11) is 0. The van der Waals surface area contributed by atoms with E-state index in [-0.39, 0.29) is 11.8 Å². The maximum atomic E-state index is 13.0. The number of benzene rings is 1. The van der Waals surface area contributed by atoms with Crippen LogP contribution < -0.4 is 0 Å². The van der Waals surface area contributed by atoms with Crippen LogP contribution in [0.4, 0.5) is 0 Å². The van der Waals surface area contributed by atoms with Gasteiger partial charge in [-0.25, -0.2) is 0 Å². The standard InChI is InChI=1S/C20H31N3O2S/c1-5-22(6-2)19(24)15-21-11-13-23(14-12-21)20(25)17-9-7-8-10-18(17)26-16(3)4/h7-10,16H,5-6,11-15H2,1-4H3. The zero-order valence-electron chi connectivity index (χ0n) is 16.4. The number of likely N-dealkylation sites (N-methyl/N-ethyl adjacent to an activating group) is 1. The number of carbonyl (C=O) groups is 2. The third kappa shape index (κ3) is 5.48. The molecule has 1 saturated heterocycles. The summed E-state index contributed by atoms with van der Waals surface area (Å²) in [6, 6.07) is 7.86. The van der Waals surface area contributed by atoms with Gasteiger partial charge in [0.25, 0.3) is 5.91 Å². The predicted molar refractivity (Wildman–Crippen MR) is 108 cm³/mol. The first-order valence-corrected chi connectivity index (χ1v) is 10.4. The molecule has 1 aromatic carbocycles. The molecule has 1 heterocycles. The molecule has 0 radical (unpaired) electrons. The Morgan fingerprint density at radius 3 is 2.27 bits per heavy atom. The molecule has 0 aliphatic carbocycles. The third-order valence-corrected chi connectivity index (χ3v) is 5.70. The first kappa shape index (κ1) is 20.8. The van der Waals surface area contributed by atoms with Crippen molar-refractivity contribution in [2.24, 2.45) is 0 Å². The Morgan fingerprint density at radius 1 is 1.08 bits per heavy atom. The van der Waals surface area contributed by atoms with Gasteiger partial charge in [-0.05, 0) is 26.0 Å². The van der Waals surface area contributed by atoms with Crippen molar-refractivity contribution in [3.63, 3.8) is 0 Å². The Labute approximate surface area is 161 Å². The fourth-order valence-corrected chi connectivity index (χ4v) is 4.09. The average molecular weight is 378 g/mol. The van der Waals surface area contributed by atoms with Gasteiger partial charge >= 0.3 is 0 Å². The summed E-state index contributed by atoms with van der Waals surface area (Å²) in [5.41, 5.74) is 0.791. The normalized spacial score (nSPS) is 15.3. The number of amides is 2. The fourth-order valence-electron chi connectivity index (χ4n) is 3.15. The number of hydrogen-bond acceptors (Lipinski definition) is 4. The third-order valence-electron chi connectivity index (χ3n) is 4.61. The van der Waals surface area contributed by atoms with Crippen molar-refractivity contribution in [1.82, 2.24) is 14.7 Å². The van der Waals surface area contributed by atoms with Gasteiger partial charge in [0.15, 0.2) is 0 Å². The van der Waals surface area contributed by atoms with Gasteiger partial charge in [0.2, 0.25) is 5.91 Å². The van der Waals surface area contributed by atoms with Crippen LogP contribution in [0, 0.1) is 0 Å². The molecular formula is C20H31N3O2S. The monoisotopic (exact) mass is 377 g/mol. The van der Waals surface area contributed by atoms with Gasteiger partial charge in [-0.3, -0.25) is 14.5 Å². The highest BCUT2D eigenvalue weighted by Gasteiger charge is 2.25. The molecule has 0 atom stereocenters. The number of carbonyl (C=O) groups excluding carboxylic acids is 2. The van der Waals surface area contributed by atoms with Crippen molar-refractivity contribution in [1.29, 1.82) is 0 Å². The number of thioether (sulfide) groups is 1. The van der Waals surface area contributed by atoms with E-state index in [0.717, 1.165) is 36.6 Å².